The first-order chi connectivity index (χ1) is 19.5. The summed E-state index contributed by atoms with van der Waals surface area (Å²) in [4.78, 5) is 45.2. The highest BCUT2D eigenvalue weighted by atomic mass is 16.7. The number of carbonyl (C=O) groups is 3. The highest BCUT2D eigenvalue weighted by Gasteiger charge is 2.35. The SMILES string of the molecule is O=C(CC1C(=O)NCCN1C(=O)CN1CCN(Cc2ccc3c(c2)OCO3)CC1)Nc1cccc2ccccc12. The van der Waals surface area contributed by atoms with Gasteiger partial charge in [-0.1, -0.05) is 42.5 Å². The molecule has 6 rings (SSSR count). The molecule has 3 heterocycles. The third-order valence-electron chi connectivity index (χ3n) is 7.76. The molecule has 3 amide bonds. The molecule has 2 fully saturated rings. The maximum atomic E-state index is 13.4. The lowest BCUT2D eigenvalue weighted by Gasteiger charge is -2.38. The van der Waals surface area contributed by atoms with E-state index in [4.69, 9.17) is 9.47 Å². The van der Waals surface area contributed by atoms with Crippen LogP contribution in [0.25, 0.3) is 10.8 Å². The Bertz CT molecular complexity index is 1420. The van der Waals surface area contributed by atoms with E-state index in [1.807, 2.05) is 54.6 Å². The van der Waals surface area contributed by atoms with Gasteiger partial charge in [-0.25, -0.2) is 0 Å². The van der Waals surface area contributed by atoms with Crippen molar-refractivity contribution in [3.63, 3.8) is 0 Å². The number of piperazine rings is 2. The number of carbonyl (C=O) groups excluding carboxylic acids is 3. The van der Waals surface area contributed by atoms with Crippen LogP contribution in [0.5, 0.6) is 11.5 Å². The van der Waals surface area contributed by atoms with Crippen molar-refractivity contribution < 1.29 is 23.9 Å². The topological polar surface area (TPSA) is 103 Å². The quantitative estimate of drug-likeness (QED) is 0.470. The second-order valence-corrected chi connectivity index (χ2v) is 10.4. The number of anilines is 1. The second-order valence-electron chi connectivity index (χ2n) is 10.4. The summed E-state index contributed by atoms with van der Waals surface area (Å²) >= 11 is 0. The van der Waals surface area contributed by atoms with E-state index in [-0.39, 0.29) is 37.5 Å². The van der Waals surface area contributed by atoms with Gasteiger partial charge >= 0.3 is 0 Å². The highest BCUT2D eigenvalue weighted by Crippen LogP contribution is 2.33. The summed E-state index contributed by atoms with van der Waals surface area (Å²) in [6.45, 7) is 5.24. The lowest BCUT2D eigenvalue weighted by Crippen LogP contribution is -2.60. The van der Waals surface area contributed by atoms with Gasteiger partial charge < -0.3 is 25.0 Å². The Hall–Kier alpha value is -4.15. The number of nitrogens with one attached hydrogen (secondary N) is 2. The minimum atomic E-state index is -0.830. The summed E-state index contributed by atoms with van der Waals surface area (Å²) in [7, 11) is 0. The van der Waals surface area contributed by atoms with E-state index >= 15 is 0 Å². The van der Waals surface area contributed by atoms with Gasteiger partial charge in [0.05, 0.1) is 13.0 Å². The summed E-state index contributed by atoms with van der Waals surface area (Å²) in [5, 5.41) is 7.70. The predicted octanol–water partition coefficient (Wildman–Crippen LogP) is 2.04. The summed E-state index contributed by atoms with van der Waals surface area (Å²) in [6, 6.07) is 18.7. The molecule has 0 aliphatic carbocycles. The van der Waals surface area contributed by atoms with Crippen LogP contribution >= 0.6 is 0 Å². The molecule has 0 bridgehead atoms. The largest absolute Gasteiger partial charge is 0.454 e. The molecule has 3 aliphatic rings. The van der Waals surface area contributed by atoms with E-state index in [0.717, 1.165) is 60.6 Å². The number of rotatable bonds is 7. The molecular formula is C30H33N5O5. The van der Waals surface area contributed by atoms with E-state index in [2.05, 4.69) is 26.5 Å². The Morgan fingerprint density at radius 2 is 1.68 bits per heavy atom. The van der Waals surface area contributed by atoms with Gasteiger partial charge in [0.25, 0.3) is 0 Å². The first-order valence-electron chi connectivity index (χ1n) is 13.7. The van der Waals surface area contributed by atoms with E-state index in [1.165, 1.54) is 0 Å². The van der Waals surface area contributed by atoms with Crippen molar-refractivity contribution >= 4 is 34.2 Å². The molecule has 40 heavy (non-hydrogen) atoms. The van der Waals surface area contributed by atoms with Crippen molar-refractivity contribution in [2.75, 3.05) is 57.9 Å². The zero-order valence-corrected chi connectivity index (χ0v) is 22.3. The third kappa shape index (κ3) is 5.73. The Balaban J connectivity index is 1.03. The van der Waals surface area contributed by atoms with Crippen LogP contribution < -0.4 is 20.1 Å². The average Bonchev–Trinajstić information content (AvgIpc) is 3.43. The third-order valence-corrected chi connectivity index (χ3v) is 7.76. The number of amides is 3. The zero-order chi connectivity index (χ0) is 27.5. The molecule has 3 aromatic carbocycles. The molecule has 1 unspecified atom stereocenters. The molecule has 10 nitrogen and oxygen atoms in total. The fraction of sp³-hybridized carbons (Fsp3) is 0.367. The van der Waals surface area contributed by atoms with Crippen molar-refractivity contribution in [2.45, 2.75) is 19.0 Å². The Morgan fingerprint density at radius 3 is 2.55 bits per heavy atom. The molecule has 0 aromatic heterocycles. The van der Waals surface area contributed by atoms with Crippen LogP contribution in [-0.2, 0) is 20.9 Å². The normalized spacial score (nSPS) is 19.4. The molecule has 2 saturated heterocycles. The number of fused-ring (bicyclic) bond motifs is 2. The van der Waals surface area contributed by atoms with Gasteiger partial charge in [-0.3, -0.25) is 24.2 Å². The van der Waals surface area contributed by atoms with E-state index in [9.17, 15) is 14.4 Å². The predicted molar refractivity (Wildman–Crippen MR) is 150 cm³/mol. The van der Waals surface area contributed by atoms with Crippen molar-refractivity contribution in [2.24, 2.45) is 0 Å². The lowest BCUT2D eigenvalue weighted by atomic mass is 10.1. The first kappa shape index (κ1) is 26.1. The number of nitrogens with zero attached hydrogens (tertiary/aromatic N) is 3. The van der Waals surface area contributed by atoms with Crippen LogP contribution in [-0.4, -0.2) is 91.1 Å². The van der Waals surface area contributed by atoms with Gasteiger partial charge in [0.1, 0.15) is 6.04 Å². The first-order valence-corrected chi connectivity index (χ1v) is 13.7. The number of hydrogen-bond donors (Lipinski definition) is 2. The van der Waals surface area contributed by atoms with E-state index in [0.29, 0.717) is 18.8 Å². The lowest BCUT2D eigenvalue weighted by molar-refractivity contribution is -0.145. The summed E-state index contributed by atoms with van der Waals surface area (Å²) in [5.74, 6) is 0.854. The molecule has 3 aromatic rings. The van der Waals surface area contributed by atoms with Gasteiger partial charge in [-0.2, -0.15) is 0 Å². The molecule has 208 valence electrons. The van der Waals surface area contributed by atoms with Crippen molar-refractivity contribution in [1.29, 1.82) is 0 Å². The summed E-state index contributed by atoms with van der Waals surface area (Å²) in [5.41, 5.74) is 1.86. The molecule has 10 heteroatoms. The molecule has 3 aliphatic heterocycles. The fourth-order valence-corrected chi connectivity index (χ4v) is 5.61. The fourth-order valence-electron chi connectivity index (χ4n) is 5.61. The van der Waals surface area contributed by atoms with E-state index in [1.54, 1.807) is 4.90 Å². The molecule has 0 saturated carbocycles. The van der Waals surface area contributed by atoms with Crippen molar-refractivity contribution in [1.82, 2.24) is 20.0 Å². The van der Waals surface area contributed by atoms with Gasteiger partial charge in [0, 0.05) is 56.9 Å². The van der Waals surface area contributed by atoms with Gasteiger partial charge in [-0.15, -0.1) is 0 Å². The van der Waals surface area contributed by atoms with Gasteiger partial charge in [0.15, 0.2) is 11.5 Å². The van der Waals surface area contributed by atoms with Crippen LogP contribution in [0.3, 0.4) is 0 Å². The maximum Gasteiger partial charge on any atom is 0.243 e. The molecule has 0 radical (unpaired) electrons. The Morgan fingerprint density at radius 1 is 0.900 bits per heavy atom. The number of ether oxygens (including phenoxy) is 2. The molecular weight excluding hydrogens is 510 g/mol. The minimum Gasteiger partial charge on any atom is -0.454 e. The van der Waals surface area contributed by atoms with Crippen LogP contribution in [0.2, 0.25) is 0 Å². The zero-order valence-electron chi connectivity index (χ0n) is 22.3. The molecule has 1 atom stereocenters. The monoisotopic (exact) mass is 543 g/mol. The van der Waals surface area contributed by atoms with Crippen LogP contribution in [0.1, 0.15) is 12.0 Å². The highest BCUT2D eigenvalue weighted by molar-refractivity contribution is 6.04. The number of hydrogen-bond acceptors (Lipinski definition) is 7. The Kier molecular flexibility index (Phi) is 7.52. The average molecular weight is 544 g/mol. The van der Waals surface area contributed by atoms with Gasteiger partial charge in [0.2, 0.25) is 24.5 Å². The maximum absolute atomic E-state index is 13.4. The summed E-state index contributed by atoms with van der Waals surface area (Å²) < 4.78 is 10.9. The van der Waals surface area contributed by atoms with E-state index < -0.39 is 6.04 Å². The molecule has 0 spiro atoms. The molecule has 2 N–H and O–H groups in total. The van der Waals surface area contributed by atoms with Crippen molar-refractivity contribution in [3.8, 4) is 11.5 Å². The smallest absolute Gasteiger partial charge is 0.243 e. The van der Waals surface area contributed by atoms with Gasteiger partial charge in [-0.05, 0) is 29.1 Å². The second kappa shape index (κ2) is 11.5. The minimum absolute atomic E-state index is 0.0932. The van der Waals surface area contributed by atoms with Crippen molar-refractivity contribution in [3.05, 3.63) is 66.2 Å². The number of benzene rings is 3. The summed E-state index contributed by atoms with van der Waals surface area (Å²) in [6.07, 6.45) is -0.0932. The standard InChI is InChI=1S/C30H33N5O5/c36-28(32-24-7-3-5-22-4-1-2-6-23(22)24)17-25-30(38)31-10-11-35(25)29(37)19-34-14-12-33(13-15-34)18-21-8-9-26-27(16-21)40-20-39-26/h1-9,16,25H,10-15,17-20H2,(H,31,38)(H,32,36). The van der Waals surface area contributed by atoms with Crippen LogP contribution in [0, 0.1) is 0 Å². The van der Waals surface area contributed by atoms with Crippen LogP contribution in [0.15, 0.2) is 60.7 Å². The van der Waals surface area contributed by atoms with Crippen LogP contribution in [0.4, 0.5) is 5.69 Å². The Labute approximate surface area is 232 Å².